The molecule has 140 valence electrons. The molecule has 3 heterocycles. The quantitative estimate of drug-likeness (QED) is 0.391. The molecule has 3 nitrogen and oxygen atoms in total. The Labute approximate surface area is 172 Å². The van der Waals surface area contributed by atoms with Gasteiger partial charge < -0.3 is 4.98 Å². The maximum absolute atomic E-state index is 12.7. The van der Waals surface area contributed by atoms with Crippen molar-refractivity contribution in [3.05, 3.63) is 100 Å². The van der Waals surface area contributed by atoms with Gasteiger partial charge in [-0.15, -0.1) is 11.3 Å². The molecule has 1 N–H and O–H groups in total. The molecule has 2 aromatic carbocycles. The van der Waals surface area contributed by atoms with Gasteiger partial charge in [-0.3, -0.25) is 4.79 Å². The summed E-state index contributed by atoms with van der Waals surface area (Å²) in [6.45, 7) is 2.07. The summed E-state index contributed by atoms with van der Waals surface area (Å²) in [5, 5.41) is 2.72. The molecule has 0 aliphatic carbocycles. The molecule has 0 atom stereocenters. The second kappa shape index (κ2) is 7.15. The second-order valence-electron chi connectivity index (χ2n) is 7.03. The van der Waals surface area contributed by atoms with Crippen LogP contribution in [0.4, 0.5) is 0 Å². The van der Waals surface area contributed by atoms with E-state index >= 15 is 0 Å². The van der Waals surface area contributed by atoms with E-state index in [2.05, 4.69) is 47.6 Å². The molecule has 0 aliphatic heterocycles. The van der Waals surface area contributed by atoms with Gasteiger partial charge in [-0.25, -0.2) is 4.98 Å². The number of aryl methyl sites for hydroxylation is 1. The lowest BCUT2D eigenvalue weighted by Gasteiger charge is -2.13. The molecule has 0 saturated heterocycles. The second-order valence-corrected chi connectivity index (χ2v) is 7.94. The van der Waals surface area contributed by atoms with Crippen LogP contribution in [0.25, 0.3) is 43.7 Å². The van der Waals surface area contributed by atoms with Crippen LogP contribution in [0.15, 0.2) is 89.2 Å². The Morgan fingerprint density at radius 2 is 1.55 bits per heavy atom. The van der Waals surface area contributed by atoms with E-state index in [0.717, 1.165) is 38.3 Å². The largest absolute Gasteiger partial charge is 0.328 e. The summed E-state index contributed by atoms with van der Waals surface area (Å²) in [5.41, 5.74) is 6.66. The normalized spacial score (nSPS) is 11.1. The molecule has 0 bridgehead atoms. The van der Waals surface area contributed by atoms with Crippen LogP contribution in [0.3, 0.4) is 0 Å². The third kappa shape index (κ3) is 3.18. The number of benzene rings is 2. The first kappa shape index (κ1) is 17.6. The first-order valence-corrected chi connectivity index (χ1v) is 10.3. The van der Waals surface area contributed by atoms with Crippen LogP contribution >= 0.6 is 11.3 Å². The lowest BCUT2D eigenvalue weighted by molar-refractivity contribution is 1.26. The number of hydrogen-bond donors (Lipinski definition) is 1. The Hall–Kier alpha value is -3.50. The van der Waals surface area contributed by atoms with Crippen molar-refractivity contribution in [1.29, 1.82) is 0 Å². The average molecular weight is 394 g/mol. The molecule has 0 radical (unpaired) electrons. The van der Waals surface area contributed by atoms with Crippen molar-refractivity contribution in [2.45, 2.75) is 6.92 Å². The number of rotatable bonds is 3. The highest BCUT2D eigenvalue weighted by atomic mass is 32.1. The third-order valence-corrected chi connectivity index (χ3v) is 6.08. The van der Waals surface area contributed by atoms with Crippen LogP contribution in [0.2, 0.25) is 0 Å². The van der Waals surface area contributed by atoms with E-state index < -0.39 is 0 Å². The highest BCUT2D eigenvalue weighted by Gasteiger charge is 2.16. The van der Waals surface area contributed by atoms with Gasteiger partial charge in [0, 0.05) is 27.8 Å². The summed E-state index contributed by atoms with van der Waals surface area (Å²) in [4.78, 5) is 21.8. The smallest absolute Gasteiger partial charge is 0.257 e. The summed E-state index contributed by atoms with van der Waals surface area (Å²) in [6.07, 6.45) is 1.78. The number of fused-ring (bicyclic) bond motifs is 1. The number of pyridine rings is 2. The van der Waals surface area contributed by atoms with E-state index in [1.165, 1.54) is 5.56 Å². The average Bonchev–Trinajstić information content (AvgIpc) is 3.20. The molecule has 0 unspecified atom stereocenters. The lowest BCUT2D eigenvalue weighted by Crippen LogP contribution is -2.08. The van der Waals surface area contributed by atoms with E-state index in [1.54, 1.807) is 17.5 Å². The Balaban J connectivity index is 1.88. The number of aromatic nitrogens is 2. The molecule has 29 heavy (non-hydrogen) atoms. The highest BCUT2D eigenvalue weighted by Crippen LogP contribution is 2.36. The minimum atomic E-state index is -0.124. The van der Waals surface area contributed by atoms with Crippen LogP contribution in [0.1, 0.15) is 5.56 Å². The highest BCUT2D eigenvalue weighted by molar-refractivity contribution is 7.13. The monoisotopic (exact) mass is 394 g/mol. The van der Waals surface area contributed by atoms with Crippen molar-refractivity contribution >= 4 is 22.2 Å². The molecule has 5 aromatic rings. The van der Waals surface area contributed by atoms with Crippen molar-refractivity contribution in [2.24, 2.45) is 0 Å². The number of hydrogen-bond acceptors (Lipinski definition) is 3. The molecule has 0 amide bonds. The van der Waals surface area contributed by atoms with Gasteiger partial charge in [0.05, 0.1) is 16.6 Å². The number of aromatic amines is 1. The summed E-state index contributed by atoms with van der Waals surface area (Å²) < 4.78 is 0. The van der Waals surface area contributed by atoms with E-state index in [0.29, 0.717) is 5.39 Å². The summed E-state index contributed by atoms with van der Waals surface area (Å²) in [5.74, 6) is 0. The molecular formula is C25H18N2OS. The Morgan fingerprint density at radius 3 is 2.21 bits per heavy atom. The molecule has 3 aromatic heterocycles. The van der Waals surface area contributed by atoms with Gasteiger partial charge >= 0.3 is 0 Å². The Bertz CT molecular complexity index is 1370. The summed E-state index contributed by atoms with van der Waals surface area (Å²) >= 11 is 1.66. The van der Waals surface area contributed by atoms with E-state index in [9.17, 15) is 4.79 Å². The van der Waals surface area contributed by atoms with Crippen molar-refractivity contribution in [1.82, 2.24) is 9.97 Å². The zero-order chi connectivity index (χ0) is 19.8. The molecular weight excluding hydrogens is 376 g/mol. The van der Waals surface area contributed by atoms with Gasteiger partial charge in [0.2, 0.25) is 0 Å². The number of nitrogens with zero attached hydrogens (tertiary/aromatic N) is 1. The SMILES string of the molecule is Cc1csc(-c2c[nH]c(=O)c3cc(-c4ccccc4)c(-c4ccccc4)nc23)c1. The fraction of sp³-hybridized carbons (Fsp3) is 0.0400. The van der Waals surface area contributed by atoms with Gasteiger partial charge in [-0.2, -0.15) is 0 Å². The minimum absolute atomic E-state index is 0.124. The first-order valence-electron chi connectivity index (χ1n) is 9.43. The number of nitrogens with one attached hydrogen (secondary N) is 1. The van der Waals surface area contributed by atoms with Crippen LogP contribution in [-0.4, -0.2) is 9.97 Å². The molecule has 0 spiro atoms. The summed E-state index contributed by atoms with van der Waals surface area (Å²) in [6, 6.07) is 24.3. The molecule has 0 fully saturated rings. The molecule has 5 rings (SSSR count). The predicted octanol–water partition coefficient (Wildman–Crippen LogP) is 6.29. The lowest BCUT2D eigenvalue weighted by atomic mass is 9.97. The van der Waals surface area contributed by atoms with Gasteiger partial charge in [-0.1, -0.05) is 60.7 Å². The fourth-order valence-corrected chi connectivity index (χ4v) is 4.51. The van der Waals surface area contributed by atoms with Crippen molar-refractivity contribution < 1.29 is 0 Å². The van der Waals surface area contributed by atoms with Gasteiger partial charge in [-0.05, 0) is 35.6 Å². The van der Waals surface area contributed by atoms with Crippen LogP contribution in [-0.2, 0) is 0 Å². The van der Waals surface area contributed by atoms with Gasteiger partial charge in [0.15, 0.2) is 0 Å². The van der Waals surface area contributed by atoms with E-state index in [4.69, 9.17) is 4.98 Å². The van der Waals surface area contributed by atoms with E-state index in [-0.39, 0.29) is 5.56 Å². The van der Waals surface area contributed by atoms with Crippen LogP contribution in [0, 0.1) is 6.92 Å². The molecule has 0 aliphatic rings. The van der Waals surface area contributed by atoms with Gasteiger partial charge in [0.25, 0.3) is 5.56 Å². The third-order valence-electron chi connectivity index (χ3n) is 5.00. The molecule has 0 saturated carbocycles. The molecule has 4 heteroatoms. The van der Waals surface area contributed by atoms with E-state index in [1.807, 2.05) is 42.5 Å². The first-order chi connectivity index (χ1) is 14.2. The minimum Gasteiger partial charge on any atom is -0.328 e. The van der Waals surface area contributed by atoms with Gasteiger partial charge in [0.1, 0.15) is 0 Å². The topological polar surface area (TPSA) is 45.8 Å². The Morgan fingerprint density at radius 1 is 0.862 bits per heavy atom. The predicted molar refractivity (Wildman–Crippen MR) is 121 cm³/mol. The Kier molecular flexibility index (Phi) is 4.34. The van der Waals surface area contributed by atoms with Crippen LogP contribution < -0.4 is 5.56 Å². The fourth-order valence-electron chi connectivity index (χ4n) is 3.59. The maximum Gasteiger partial charge on any atom is 0.257 e. The zero-order valence-electron chi connectivity index (χ0n) is 15.8. The standard InChI is InChI=1S/C25H18N2OS/c1-16-12-22(29-15-16)21-14-26-25(28)20-13-19(17-8-4-2-5-9-17)23(27-24(20)21)18-10-6-3-7-11-18/h2-15H,1H3,(H,26,28). The van der Waals surface area contributed by atoms with Crippen molar-refractivity contribution in [2.75, 3.05) is 0 Å². The number of H-pyrrole nitrogens is 1. The zero-order valence-corrected chi connectivity index (χ0v) is 16.7. The van der Waals surface area contributed by atoms with Crippen LogP contribution in [0.5, 0.6) is 0 Å². The van der Waals surface area contributed by atoms with Crippen molar-refractivity contribution in [3.8, 4) is 32.8 Å². The van der Waals surface area contributed by atoms with Crippen molar-refractivity contribution in [3.63, 3.8) is 0 Å². The summed E-state index contributed by atoms with van der Waals surface area (Å²) in [7, 11) is 0. The number of thiophene rings is 1. The maximum atomic E-state index is 12.7.